The van der Waals surface area contributed by atoms with E-state index in [9.17, 15) is 19.2 Å². The van der Waals surface area contributed by atoms with Crippen molar-refractivity contribution in [1.29, 1.82) is 0 Å². The number of carbonyl (C=O) groups excluding carboxylic acids is 6. The zero-order valence-corrected chi connectivity index (χ0v) is 36.4. The van der Waals surface area contributed by atoms with Gasteiger partial charge in [-0.3, -0.25) is 68.3 Å². The summed E-state index contributed by atoms with van der Waals surface area (Å²) in [4.78, 5) is 115. The number of carbonyl (C=O) groups is 6. The fourth-order valence-corrected chi connectivity index (χ4v) is 11.5. The van der Waals surface area contributed by atoms with E-state index in [0.29, 0.717) is 22.8 Å². The number of esters is 4. The van der Waals surface area contributed by atoms with Gasteiger partial charge >= 0.3 is 23.9 Å². The molecule has 4 bridgehead atoms. The largest absolute Gasteiger partial charge is 0.468 e. The molecule has 0 aromatic carbocycles. The number of methoxy groups -OCH3 is 4. The maximum Gasteiger partial charge on any atom is 0.322 e. The lowest BCUT2D eigenvalue weighted by Gasteiger charge is -2.61. The van der Waals surface area contributed by atoms with Crippen molar-refractivity contribution in [3.63, 3.8) is 0 Å². The molecule has 0 radical (unpaired) electrons. The molecule has 8 atom stereocenters. The van der Waals surface area contributed by atoms with Gasteiger partial charge in [-0.15, -0.1) is 0 Å². The predicted molar refractivity (Wildman–Crippen MR) is 224 cm³/mol. The molecule has 4 fully saturated rings. The molecule has 0 aliphatic carbocycles. The number of nitrogens with zero attached hydrogens (tertiary/aromatic N) is 8. The lowest BCUT2D eigenvalue weighted by molar-refractivity contribution is -0.208. The summed E-state index contributed by atoms with van der Waals surface area (Å²) < 4.78 is 21.9. The zero-order chi connectivity index (χ0) is 45.6. The number of ether oxygens (including phenoxy) is 4. The minimum absolute atomic E-state index is 0.0550. The predicted octanol–water partition coefficient (Wildman–Crippen LogP) is 1.83. The van der Waals surface area contributed by atoms with Crippen molar-refractivity contribution in [3.8, 4) is 0 Å². The number of likely N-dealkylation sites (tertiary alicyclic amines) is 4. The highest BCUT2D eigenvalue weighted by Gasteiger charge is 2.77. The Bertz CT molecular complexity index is 2110. The number of hydrogen-bond donors (Lipinski definition) is 0. The average Bonchev–Trinajstić information content (AvgIpc) is 3.32. The van der Waals surface area contributed by atoms with Crippen LogP contribution in [0.15, 0.2) is 97.6 Å². The van der Waals surface area contributed by atoms with E-state index in [-0.39, 0.29) is 39.3 Å². The quantitative estimate of drug-likeness (QED) is 0.120. The number of aromatic nitrogens is 4. The molecule has 334 valence electrons. The van der Waals surface area contributed by atoms with Gasteiger partial charge in [0.25, 0.3) is 0 Å². The van der Waals surface area contributed by atoms with E-state index in [1.54, 1.807) is 121 Å². The van der Waals surface area contributed by atoms with Gasteiger partial charge in [-0.25, -0.2) is 0 Å². The number of hydrogen-bond acceptors (Lipinski definition) is 18. The van der Waals surface area contributed by atoms with E-state index in [1.807, 2.05) is 9.80 Å². The molecule has 0 N–H and O–H groups in total. The fraction of sp³-hybridized carbons (Fsp3) is 0.435. The van der Waals surface area contributed by atoms with E-state index in [2.05, 4.69) is 19.9 Å². The fourth-order valence-electron chi connectivity index (χ4n) is 11.5. The third-order valence-corrected chi connectivity index (χ3v) is 13.8. The number of piperidine rings is 4. The highest BCUT2D eigenvalue weighted by molar-refractivity contribution is 6.18. The van der Waals surface area contributed by atoms with Crippen LogP contribution in [0.2, 0.25) is 0 Å². The van der Waals surface area contributed by atoms with Gasteiger partial charge in [0, 0.05) is 64.1 Å². The Balaban J connectivity index is 1.28. The van der Waals surface area contributed by atoms with E-state index < -0.39 is 81.3 Å². The van der Waals surface area contributed by atoms with Crippen LogP contribution in [0, 0.1) is 21.7 Å². The Labute approximate surface area is 369 Å². The Kier molecular flexibility index (Phi) is 11.8. The molecule has 4 aromatic heterocycles. The molecule has 18 heteroatoms. The number of rotatable bonds is 11. The second-order valence-electron chi connectivity index (χ2n) is 16.9. The summed E-state index contributed by atoms with van der Waals surface area (Å²) in [6.45, 7) is -0.760. The monoisotopic (exact) mass is 874 g/mol. The van der Waals surface area contributed by atoms with Gasteiger partial charge < -0.3 is 18.9 Å². The van der Waals surface area contributed by atoms with Gasteiger partial charge in [-0.05, 0) is 62.6 Å². The first-order chi connectivity index (χ1) is 30.8. The molecule has 8 unspecified atom stereocenters. The van der Waals surface area contributed by atoms with Crippen molar-refractivity contribution in [2.45, 2.75) is 24.2 Å². The van der Waals surface area contributed by atoms with E-state index in [4.69, 9.17) is 18.9 Å². The zero-order valence-electron chi connectivity index (χ0n) is 36.4. The molecular formula is C46H50N8O10. The molecule has 8 rings (SSSR count). The molecule has 4 aliphatic heterocycles. The van der Waals surface area contributed by atoms with Crippen LogP contribution in [0.3, 0.4) is 0 Å². The van der Waals surface area contributed by atoms with Gasteiger partial charge in [0.05, 0.1) is 75.4 Å². The summed E-state index contributed by atoms with van der Waals surface area (Å²) in [6, 6.07) is 16.5. The van der Waals surface area contributed by atoms with Crippen LogP contribution in [-0.4, -0.2) is 157 Å². The molecule has 4 aromatic rings. The second kappa shape index (κ2) is 17.0. The molecule has 0 amide bonds. The Hall–Kier alpha value is -6.34. The van der Waals surface area contributed by atoms with E-state index in [1.165, 1.54) is 28.4 Å². The molecule has 4 aliphatic rings. The van der Waals surface area contributed by atoms with Crippen molar-refractivity contribution >= 4 is 35.4 Å². The van der Waals surface area contributed by atoms with E-state index >= 15 is 9.59 Å². The number of pyridine rings is 4. The molecule has 0 saturated carbocycles. The Morgan fingerprint density at radius 2 is 0.703 bits per heavy atom. The summed E-state index contributed by atoms with van der Waals surface area (Å²) in [5.41, 5.74) is -6.56. The van der Waals surface area contributed by atoms with Gasteiger partial charge in [0.15, 0.2) is 33.2 Å². The van der Waals surface area contributed by atoms with Gasteiger partial charge in [0.2, 0.25) is 0 Å². The third-order valence-electron chi connectivity index (χ3n) is 13.8. The molecular weight excluding hydrogens is 825 g/mol. The number of Topliss-reactive ketones (excluding diaryl/α,β-unsaturated/α-hetero) is 2. The molecule has 18 nitrogen and oxygen atoms in total. The Morgan fingerprint density at radius 3 is 0.891 bits per heavy atom. The van der Waals surface area contributed by atoms with Crippen molar-refractivity contribution in [3.05, 3.63) is 120 Å². The van der Waals surface area contributed by atoms with Crippen LogP contribution in [0.5, 0.6) is 0 Å². The molecule has 0 spiro atoms. The third kappa shape index (κ3) is 6.29. The lowest BCUT2D eigenvalue weighted by atomic mass is 9.54. The minimum atomic E-state index is -2.03. The number of ketones is 2. The van der Waals surface area contributed by atoms with Gasteiger partial charge in [-0.1, -0.05) is 24.3 Å². The van der Waals surface area contributed by atoms with Crippen LogP contribution < -0.4 is 0 Å². The van der Waals surface area contributed by atoms with Crippen molar-refractivity contribution < 1.29 is 47.7 Å². The van der Waals surface area contributed by atoms with E-state index in [0.717, 1.165) is 0 Å². The topological polar surface area (TPSA) is 204 Å². The van der Waals surface area contributed by atoms with Gasteiger partial charge in [0.1, 0.15) is 0 Å². The second-order valence-corrected chi connectivity index (χ2v) is 16.9. The smallest absolute Gasteiger partial charge is 0.322 e. The summed E-state index contributed by atoms with van der Waals surface area (Å²) in [6.07, 6.45) is 6.25. The van der Waals surface area contributed by atoms with Crippen LogP contribution in [0.1, 0.15) is 46.9 Å². The van der Waals surface area contributed by atoms with Crippen LogP contribution in [-0.2, 0) is 47.7 Å². The lowest BCUT2D eigenvalue weighted by Crippen LogP contribution is -2.76. The van der Waals surface area contributed by atoms with Crippen LogP contribution in [0.25, 0.3) is 0 Å². The summed E-state index contributed by atoms with van der Waals surface area (Å²) in [7, 11) is 8.23. The normalized spacial score (nSPS) is 30.8. The first-order valence-corrected chi connectivity index (χ1v) is 20.8. The maximum absolute atomic E-state index is 15.6. The first kappa shape index (κ1) is 44.3. The van der Waals surface area contributed by atoms with Crippen molar-refractivity contribution in [1.82, 2.24) is 39.5 Å². The first-order valence-electron chi connectivity index (χ1n) is 20.8. The van der Waals surface area contributed by atoms with Crippen LogP contribution >= 0.6 is 0 Å². The average molecular weight is 875 g/mol. The summed E-state index contributed by atoms with van der Waals surface area (Å²) in [5, 5.41) is 0. The number of fused-ring (bicyclic) bond motifs is 4. The minimum Gasteiger partial charge on any atom is -0.468 e. The molecule has 64 heavy (non-hydrogen) atoms. The molecule has 8 heterocycles. The van der Waals surface area contributed by atoms with Gasteiger partial charge in [-0.2, -0.15) is 0 Å². The van der Waals surface area contributed by atoms with Crippen LogP contribution in [0.4, 0.5) is 0 Å². The highest BCUT2D eigenvalue weighted by Crippen LogP contribution is 2.62. The summed E-state index contributed by atoms with van der Waals surface area (Å²) >= 11 is 0. The highest BCUT2D eigenvalue weighted by atomic mass is 16.5. The van der Waals surface area contributed by atoms with Crippen molar-refractivity contribution in [2.24, 2.45) is 21.7 Å². The Morgan fingerprint density at radius 1 is 0.469 bits per heavy atom. The van der Waals surface area contributed by atoms with Crippen molar-refractivity contribution in [2.75, 3.05) is 81.8 Å². The maximum atomic E-state index is 15.6. The summed E-state index contributed by atoms with van der Waals surface area (Å²) in [5.74, 6) is -4.86. The molecule has 4 saturated heterocycles. The standard InChI is InChI=1S/C46H50N8O10/c1-51-33(29-15-7-11-19-47-29)43(39(57)61-3)25-53(26-44(37(43)55,40(58)62-4)34(51)30-16-8-12-20-48-30)23-24-54-27-45(41(59)63-5)35(31-17-9-13-21-49-31)52(2)36(32-18-10-14-22-50-32)46(28-54,38(45)56)42(60)64-6/h7-22,33-36H,23-28H2,1-6H3. The SMILES string of the molecule is COC(=O)C12CN(CCN3CC4(C(=O)OC)C(=O)C(C(=O)OC)(C3)C(c3ccccn3)N(C)C4c3ccccn3)CC(C(=O)OC)(C1=O)C(c1ccccn1)N(C)C2c1ccccn1.